The first kappa shape index (κ1) is 22.8. The second-order valence-corrected chi connectivity index (χ2v) is 7.42. The standard InChI is InChI=1S/C28H32FNO/c1-3-30(4-2)21-22-31-26-17-15-25(16-18-26)28(24-13-9-6-10-14-24)27(19-20-29)23-11-7-5-8-12-23/h5-18H,3-4,19-22H2,1-2H3/b28-27+. The highest BCUT2D eigenvalue weighted by Gasteiger charge is 2.14. The van der Waals surface area contributed by atoms with E-state index in [0.717, 1.165) is 53.2 Å². The summed E-state index contributed by atoms with van der Waals surface area (Å²) in [6.45, 7) is 7.57. The third kappa shape index (κ3) is 6.28. The SMILES string of the molecule is CCN(CC)CCOc1ccc(/C(=C(\CCF)c2ccccc2)c2ccccc2)cc1. The van der Waals surface area contributed by atoms with Crippen molar-refractivity contribution in [2.24, 2.45) is 0 Å². The first-order chi connectivity index (χ1) is 15.3. The highest BCUT2D eigenvalue weighted by Crippen LogP contribution is 2.35. The molecule has 3 aromatic rings. The Balaban J connectivity index is 1.93. The maximum absolute atomic E-state index is 13.6. The van der Waals surface area contributed by atoms with E-state index in [4.69, 9.17) is 4.74 Å². The molecule has 0 spiro atoms. The number of rotatable bonds is 11. The topological polar surface area (TPSA) is 12.5 Å². The largest absolute Gasteiger partial charge is 0.492 e. The smallest absolute Gasteiger partial charge is 0.119 e. The van der Waals surface area contributed by atoms with Crippen LogP contribution in [0.4, 0.5) is 4.39 Å². The predicted molar refractivity (Wildman–Crippen MR) is 129 cm³/mol. The summed E-state index contributed by atoms with van der Waals surface area (Å²) in [5.74, 6) is 0.857. The molecule has 0 aliphatic carbocycles. The molecule has 0 unspecified atom stereocenters. The highest BCUT2D eigenvalue weighted by molar-refractivity contribution is 5.98. The Morgan fingerprint density at radius 2 is 1.29 bits per heavy atom. The van der Waals surface area contributed by atoms with Crippen LogP contribution in [0.5, 0.6) is 5.75 Å². The van der Waals surface area contributed by atoms with Gasteiger partial charge in [0, 0.05) is 13.0 Å². The summed E-state index contributed by atoms with van der Waals surface area (Å²) in [4.78, 5) is 2.34. The molecule has 0 heterocycles. The van der Waals surface area contributed by atoms with Gasteiger partial charge in [-0.2, -0.15) is 0 Å². The number of nitrogens with zero attached hydrogens (tertiary/aromatic N) is 1. The number of benzene rings is 3. The Labute approximate surface area is 186 Å². The minimum Gasteiger partial charge on any atom is -0.492 e. The molecule has 3 rings (SSSR count). The molecule has 31 heavy (non-hydrogen) atoms. The van der Waals surface area contributed by atoms with Crippen molar-refractivity contribution in [3.8, 4) is 5.75 Å². The van der Waals surface area contributed by atoms with Crippen LogP contribution in [-0.2, 0) is 0 Å². The number of halogens is 1. The zero-order valence-electron chi connectivity index (χ0n) is 18.6. The van der Waals surface area contributed by atoms with Gasteiger partial charge in [-0.15, -0.1) is 0 Å². The molecule has 0 aromatic heterocycles. The van der Waals surface area contributed by atoms with Crippen LogP contribution in [0.3, 0.4) is 0 Å². The Morgan fingerprint density at radius 1 is 0.742 bits per heavy atom. The van der Waals surface area contributed by atoms with E-state index in [1.807, 2.05) is 48.5 Å². The molecule has 2 nitrogen and oxygen atoms in total. The van der Waals surface area contributed by atoms with Crippen LogP contribution < -0.4 is 4.74 Å². The van der Waals surface area contributed by atoms with Crippen molar-refractivity contribution < 1.29 is 9.13 Å². The Hall–Kier alpha value is -2.91. The molecule has 3 aromatic carbocycles. The van der Waals surface area contributed by atoms with Gasteiger partial charge < -0.3 is 9.64 Å². The first-order valence-corrected chi connectivity index (χ1v) is 11.1. The van der Waals surface area contributed by atoms with Gasteiger partial charge in [0.15, 0.2) is 0 Å². The molecular weight excluding hydrogens is 385 g/mol. The summed E-state index contributed by atoms with van der Waals surface area (Å²) in [6.07, 6.45) is 0.371. The predicted octanol–water partition coefficient (Wildman–Crippen LogP) is 6.73. The molecule has 0 amide bonds. The second-order valence-electron chi connectivity index (χ2n) is 7.42. The number of hydrogen-bond acceptors (Lipinski definition) is 2. The number of allylic oxidation sites excluding steroid dienone is 1. The molecule has 0 radical (unpaired) electrons. The van der Waals surface area contributed by atoms with Crippen molar-refractivity contribution in [2.45, 2.75) is 20.3 Å². The third-order valence-corrected chi connectivity index (χ3v) is 5.54. The van der Waals surface area contributed by atoms with E-state index in [9.17, 15) is 4.39 Å². The van der Waals surface area contributed by atoms with Crippen molar-refractivity contribution >= 4 is 11.1 Å². The average Bonchev–Trinajstić information content (AvgIpc) is 2.84. The number of hydrogen-bond donors (Lipinski definition) is 0. The Kier molecular flexibility index (Phi) is 8.86. The van der Waals surface area contributed by atoms with E-state index >= 15 is 0 Å². The molecule has 162 valence electrons. The monoisotopic (exact) mass is 417 g/mol. The van der Waals surface area contributed by atoms with Crippen LogP contribution in [0, 0.1) is 0 Å². The van der Waals surface area contributed by atoms with Gasteiger partial charge in [0.25, 0.3) is 0 Å². The molecule has 0 aliphatic rings. The molecule has 3 heteroatoms. The Morgan fingerprint density at radius 3 is 1.84 bits per heavy atom. The van der Waals surface area contributed by atoms with Crippen LogP contribution in [-0.4, -0.2) is 37.8 Å². The molecular formula is C28H32FNO. The van der Waals surface area contributed by atoms with E-state index in [2.05, 4.69) is 55.1 Å². The molecule has 0 fully saturated rings. The van der Waals surface area contributed by atoms with Crippen molar-refractivity contribution in [3.63, 3.8) is 0 Å². The zero-order chi connectivity index (χ0) is 21.9. The lowest BCUT2D eigenvalue weighted by Crippen LogP contribution is -2.27. The fourth-order valence-electron chi connectivity index (χ4n) is 3.82. The van der Waals surface area contributed by atoms with Gasteiger partial charge in [-0.25, -0.2) is 0 Å². The van der Waals surface area contributed by atoms with Crippen LogP contribution >= 0.6 is 0 Å². The normalized spacial score (nSPS) is 12.0. The summed E-state index contributed by atoms with van der Waals surface area (Å²) < 4.78 is 19.5. The van der Waals surface area contributed by atoms with Gasteiger partial charge in [-0.1, -0.05) is 86.6 Å². The third-order valence-electron chi connectivity index (χ3n) is 5.54. The molecule has 0 saturated heterocycles. The number of alkyl halides is 1. The van der Waals surface area contributed by atoms with E-state index in [1.54, 1.807) is 0 Å². The molecule has 0 bridgehead atoms. The number of likely N-dealkylation sites (N-methyl/N-ethyl adjacent to an activating group) is 1. The number of ether oxygens (including phenoxy) is 1. The minimum atomic E-state index is -0.396. The van der Waals surface area contributed by atoms with E-state index < -0.39 is 6.67 Å². The molecule has 0 atom stereocenters. The lowest BCUT2D eigenvalue weighted by atomic mass is 9.88. The summed E-state index contributed by atoms with van der Waals surface area (Å²) >= 11 is 0. The minimum absolute atomic E-state index is 0.371. The molecule has 0 aliphatic heterocycles. The van der Waals surface area contributed by atoms with E-state index in [-0.39, 0.29) is 0 Å². The maximum Gasteiger partial charge on any atom is 0.119 e. The van der Waals surface area contributed by atoms with Crippen LogP contribution in [0.1, 0.15) is 37.0 Å². The van der Waals surface area contributed by atoms with Crippen molar-refractivity contribution in [3.05, 3.63) is 102 Å². The second kappa shape index (κ2) is 12.1. The fourth-order valence-corrected chi connectivity index (χ4v) is 3.82. The van der Waals surface area contributed by atoms with E-state index in [1.165, 1.54) is 0 Å². The van der Waals surface area contributed by atoms with Crippen molar-refractivity contribution in [2.75, 3.05) is 32.9 Å². The summed E-state index contributed by atoms with van der Waals surface area (Å²) in [6, 6.07) is 28.5. The first-order valence-electron chi connectivity index (χ1n) is 11.1. The molecule has 0 saturated carbocycles. The van der Waals surface area contributed by atoms with Gasteiger partial charge in [-0.3, -0.25) is 4.39 Å². The van der Waals surface area contributed by atoms with Crippen LogP contribution in [0.2, 0.25) is 0 Å². The lowest BCUT2D eigenvalue weighted by Gasteiger charge is -2.19. The van der Waals surface area contributed by atoms with Gasteiger partial charge >= 0.3 is 0 Å². The van der Waals surface area contributed by atoms with Crippen LogP contribution in [0.15, 0.2) is 84.9 Å². The zero-order valence-corrected chi connectivity index (χ0v) is 18.6. The van der Waals surface area contributed by atoms with Gasteiger partial charge in [0.2, 0.25) is 0 Å². The maximum atomic E-state index is 13.6. The van der Waals surface area contributed by atoms with Gasteiger partial charge in [0.05, 0.1) is 6.67 Å². The lowest BCUT2D eigenvalue weighted by molar-refractivity contribution is 0.223. The summed E-state index contributed by atoms with van der Waals surface area (Å²) in [5.41, 5.74) is 5.29. The van der Waals surface area contributed by atoms with Gasteiger partial charge in [-0.05, 0) is 53.1 Å². The average molecular weight is 418 g/mol. The fraction of sp³-hybridized carbons (Fsp3) is 0.286. The highest BCUT2D eigenvalue weighted by atomic mass is 19.1. The van der Waals surface area contributed by atoms with Crippen LogP contribution in [0.25, 0.3) is 11.1 Å². The quantitative estimate of drug-likeness (QED) is 0.321. The van der Waals surface area contributed by atoms with Gasteiger partial charge in [0.1, 0.15) is 12.4 Å². The van der Waals surface area contributed by atoms with E-state index in [0.29, 0.717) is 13.0 Å². The van der Waals surface area contributed by atoms with Crippen molar-refractivity contribution in [1.29, 1.82) is 0 Å². The summed E-state index contributed by atoms with van der Waals surface area (Å²) in [7, 11) is 0. The Bertz CT molecular complexity index is 932. The van der Waals surface area contributed by atoms with Crippen molar-refractivity contribution in [1.82, 2.24) is 4.90 Å². The molecule has 0 N–H and O–H groups in total. The summed E-state index contributed by atoms with van der Waals surface area (Å²) in [5, 5.41) is 0.